The highest BCUT2D eigenvalue weighted by Crippen LogP contribution is 2.27. The second kappa shape index (κ2) is 4.31. The summed E-state index contributed by atoms with van der Waals surface area (Å²) in [6.45, 7) is 0. The molecule has 1 heterocycles. The molecule has 0 aliphatic rings. The highest BCUT2D eigenvalue weighted by Gasteiger charge is 2.09. The lowest BCUT2D eigenvalue weighted by Gasteiger charge is -1.98. The molecular formula is C13H8ClIN2. The number of H-pyrrole nitrogens is 1. The number of hydrogen-bond acceptors (Lipinski definition) is 1. The van der Waals surface area contributed by atoms with Gasteiger partial charge < -0.3 is 4.98 Å². The smallest absolute Gasteiger partial charge is 0.139 e. The number of halogens is 2. The lowest BCUT2D eigenvalue weighted by atomic mass is 10.2. The van der Waals surface area contributed by atoms with Gasteiger partial charge in [0, 0.05) is 9.13 Å². The number of fused-ring (bicyclic) bond motifs is 1. The number of hydrogen-bond donors (Lipinski definition) is 1. The van der Waals surface area contributed by atoms with E-state index in [4.69, 9.17) is 11.6 Å². The number of nitrogens with zero attached hydrogens (tertiary/aromatic N) is 1. The Kier molecular flexibility index (Phi) is 2.80. The maximum Gasteiger partial charge on any atom is 0.139 e. The van der Waals surface area contributed by atoms with Gasteiger partial charge >= 0.3 is 0 Å². The van der Waals surface area contributed by atoms with Gasteiger partial charge in [0.05, 0.1) is 10.5 Å². The van der Waals surface area contributed by atoms with Crippen LogP contribution >= 0.6 is 34.2 Å². The van der Waals surface area contributed by atoms with E-state index in [9.17, 15) is 0 Å². The molecule has 0 radical (unpaired) electrons. The summed E-state index contributed by atoms with van der Waals surface area (Å²) in [5.74, 6) is 0.859. The van der Waals surface area contributed by atoms with E-state index in [0.29, 0.717) is 5.02 Å². The molecule has 0 fully saturated rings. The summed E-state index contributed by atoms with van der Waals surface area (Å²) in [7, 11) is 0. The topological polar surface area (TPSA) is 28.7 Å². The molecule has 0 unspecified atom stereocenters. The number of para-hydroxylation sites is 1. The van der Waals surface area contributed by atoms with Gasteiger partial charge in [-0.2, -0.15) is 0 Å². The molecule has 0 amide bonds. The van der Waals surface area contributed by atoms with Crippen LogP contribution in [0.25, 0.3) is 22.4 Å². The molecule has 84 valence electrons. The van der Waals surface area contributed by atoms with E-state index in [1.54, 1.807) is 0 Å². The van der Waals surface area contributed by atoms with Crippen molar-refractivity contribution < 1.29 is 0 Å². The first-order valence-corrected chi connectivity index (χ1v) is 6.60. The van der Waals surface area contributed by atoms with Crippen LogP contribution in [0.1, 0.15) is 0 Å². The maximum absolute atomic E-state index is 6.11. The fourth-order valence-corrected chi connectivity index (χ4v) is 2.64. The Morgan fingerprint density at radius 3 is 2.65 bits per heavy atom. The van der Waals surface area contributed by atoms with Gasteiger partial charge in [-0.3, -0.25) is 0 Å². The predicted octanol–water partition coefficient (Wildman–Crippen LogP) is 4.49. The molecule has 3 aromatic rings. The van der Waals surface area contributed by atoms with Crippen LogP contribution in [0.3, 0.4) is 0 Å². The molecule has 17 heavy (non-hydrogen) atoms. The van der Waals surface area contributed by atoms with Crippen LogP contribution in [0, 0.1) is 3.57 Å². The van der Waals surface area contributed by atoms with Gasteiger partial charge in [0.15, 0.2) is 0 Å². The molecular weight excluding hydrogens is 347 g/mol. The van der Waals surface area contributed by atoms with Gasteiger partial charge in [-0.1, -0.05) is 35.9 Å². The van der Waals surface area contributed by atoms with Gasteiger partial charge in [0.2, 0.25) is 0 Å². The van der Waals surface area contributed by atoms with E-state index in [1.807, 2.05) is 36.4 Å². The Morgan fingerprint density at radius 2 is 1.88 bits per heavy atom. The Bertz CT molecular complexity index is 691. The van der Waals surface area contributed by atoms with Gasteiger partial charge in [-0.25, -0.2) is 4.98 Å². The SMILES string of the molecule is Clc1cccc2[nH]c(-c3ccccc3I)nc12. The van der Waals surface area contributed by atoms with Crippen molar-refractivity contribution in [1.29, 1.82) is 0 Å². The first-order valence-electron chi connectivity index (χ1n) is 5.15. The third-order valence-electron chi connectivity index (χ3n) is 2.59. The molecule has 0 aliphatic carbocycles. The summed E-state index contributed by atoms with van der Waals surface area (Å²) in [5, 5.41) is 0.677. The fraction of sp³-hybridized carbons (Fsp3) is 0. The summed E-state index contributed by atoms with van der Waals surface area (Å²) < 4.78 is 1.17. The normalized spacial score (nSPS) is 10.9. The third-order valence-corrected chi connectivity index (χ3v) is 3.84. The fourth-order valence-electron chi connectivity index (χ4n) is 1.78. The van der Waals surface area contributed by atoms with Crippen LogP contribution in [0.2, 0.25) is 5.02 Å². The van der Waals surface area contributed by atoms with E-state index < -0.39 is 0 Å². The van der Waals surface area contributed by atoms with Crippen molar-refractivity contribution in [3.8, 4) is 11.4 Å². The zero-order valence-electron chi connectivity index (χ0n) is 8.74. The average Bonchev–Trinajstić information content (AvgIpc) is 2.75. The molecule has 1 N–H and O–H groups in total. The van der Waals surface area contributed by atoms with E-state index >= 15 is 0 Å². The van der Waals surface area contributed by atoms with Crippen molar-refractivity contribution >= 4 is 45.2 Å². The van der Waals surface area contributed by atoms with Gasteiger partial charge in [0.25, 0.3) is 0 Å². The maximum atomic E-state index is 6.11. The van der Waals surface area contributed by atoms with Crippen molar-refractivity contribution in [3.05, 3.63) is 51.1 Å². The van der Waals surface area contributed by atoms with Crippen LogP contribution < -0.4 is 0 Å². The third kappa shape index (κ3) is 1.93. The summed E-state index contributed by atoms with van der Waals surface area (Å²) in [6, 6.07) is 13.9. The minimum Gasteiger partial charge on any atom is -0.338 e. The molecule has 3 rings (SSSR count). The lowest BCUT2D eigenvalue weighted by Crippen LogP contribution is -1.83. The lowest BCUT2D eigenvalue weighted by molar-refractivity contribution is 1.33. The zero-order valence-corrected chi connectivity index (χ0v) is 11.7. The molecule has 0 saturated heterocycles. The Hall–Kier alpha value is -1.07. The molecule has 2 nitrogen and oxygen atoms in total. The Morgan fingerprint density at radius 1 is 1.06 bits per heavy atom. The van der Waals surface area contributed by atoms with E-state index in [2.05, 4.69) is 38.6 Å². The molecule has 4 heteroatoms. The molecule has 0 saturated carbocycles. The van der Waals surface area contributed by atoms with Crippen LogP contribution in [-0.2, 0) is 0 Å². The van der Waals surface area contributed by atoms with Crippen molar-refractivity contribution in [2.24, 2.45) is 0 Å². The second-order valence-corrected chi connectivity index (χ2v) is 5.27. The van der Waals surface area contributed by atoms with E-state index in [-0.39, 0.29) is 0 Å². The molecule has 2 aromatic carbocycles. The van der Waals surface area contributed by atoms with Crippen LogP contribution in [0.15, 0.2) is 42.5 Å². The standard InChI is InChI=1S/C13H8ClIN2/c14-9-5-3-7-11-12(9)17-13(16-11)8-4-1-2-6-10(8)15/h1-7H,(H,16,17). The van der Waals surface area contributed by atoms with Crippen molar-refractivity contribution in [3.63, 3.8) is 0 Å². The monoisotopic (exact) mass is 354 g/mol. The van der Waals surface area contributed by atoms with Crippen LogP contribution in [0.4, 0.5) is 0 Å². The number of rotatable bonds is 1. The predicted molar refractivity (Wildman–Crippen MR) is 79.3 cm³/mol. The first-order chi connectivity index (χ1) is 8.25. The summed E-state index contributed by atoms with van der Waals surface area (Å²) in [6.07, 6.45) is 0. The Labute approximate surface area is 117 Å². The quantitative estimate of drug-likeness (QED) is 0.641. The number of aromatic amines is 1. The molecule has 0 aliphatic heterocycles. The average molecular weight is 355 g/mol. The number of aromatic nitrogens is 2. The summed E-state index contributed by atoms with van der Waals surface area (Å²) in [4.78, 5) is 7.84. The molecule has 0 atom stereocenters. The number of imidazole rings is 1. The number of nitrogens with one attached hydrogen (secondary N) is 1. The van der Waals surface area contributed by atoms with E-state index in [0.717, 1.165) is 22.4 Å². The van der Waals surface area contributed by atoms with Crippen molar-refractivity contribution in [2.75, 3.05) is 0 Å². The highest BCUT2D eigenvalue weighted by molar-refractivity contribution is 14.1. The summed E-state index contributed by atoms with van der Waals surface area (Å²) >= 11 is 8.42. The van der Waals surface area contributed by atoms with Gasteiger partial charge in [-0.15, -0.1) is 0 Å². The van der Waals surface area contributed by atoms with Gasteiger partial charge in [0.1, 0.15) is 11.3 Å². The van der Waals surface area contributed by atoms with Gasteiger partial charge in [-0.05, 0) is 40.8 Å². The summed E-state index contributed by atoms with van der Waals surface area (Å²) in [5.41, 5.74) is 2.89. The number of benzene rings is 2. The van der Waals surface area contributed by atoms with Crippen LogP contribution in [-0.4, -0.2) is 9.97 Å². The molecule has 0 bridgehead atoms. The van der Waals surface area contributed by atoms with Crippen LogP contribution in [0.5, 0.6) is 0 Å². The molecule has 1 aromatic heterocycles. The second-order valence-electron chi connectivity index (χ2n) is 3.70. The van der Waals surface area contributed by atoms with Crippen molar-refractivity contribution in [2.45, 2.75) is 0 Å². The first kappa shape index (κ1) is 11.0. The molecule has 0 spiro atoms. The van der Waals surface area contributed by atoms with Crippen molar-refractivity contribution in [1.82, 2.24) is 9.97 Å². The minimum atomic E-state index is 0.677. The zero-order chi connectivity index (χ0) is 11.8. The minimum absolute atomic E-state index is 0.677. The highest BCUT2D eigenvalue weighted by atomic mass is 127. The Balaban J connectivity index is 2.26. The largest absolute Gasteiger partial charge is 0.338 e. The van der Waals surface area contributed by atoms with E-state index in [1.165, 1.54) is 3.57 Å².